The summed E-state index contributed by atoms with van der Waals surface area (Å²) in [5.41, 5.74) is 3.08. The number of benzene rings is 2. The van der Waals surface area contributed by atoms with Gasteiger partial charge in [-0.3, -0.25) is 0 Å². The van der Waals surface area contributed by atoms with Crippen LogP contribution in [0.15, 0.2) is 54.7 Å². The van der Waals surface area contributed by atoms with E-state index in [9.17, 15) is 15.0 Å². The summed E-state index contributed by atoms with van der Waals surface area (Å²) >= 11 is 0. The molecule has 39 heavy (non-hydrogen) atoms. The van der Waals surface area contributed by atoms with Gasteiger partial charge in [-0.2, -0.15) is 0 Å². The second-order valence-electron chi connectivity index (χ2n) is 10.6. The number of aliphatic hydroxyl groups is 1. The van der Waals surface area contributed by atoms with Crippen LogP contribution in [-0.2, 0) is 17.8 Å². The number of rotatable bonds is 13. The van der Waals surface area contributed by atoms with E-state index >= 15 is 0 Å². The molecule has 1 atom stereocenters. The fraction of sp³-hybridized carbons (Fsp3) is 0.433. The van der Waals surface area contributed by atoms with Gasteiger partial charge in [0.2, 0.25) is 0 Å². The van der Waals surface area contributed by atoms with Crippen LogP contribution in [0, 0.1) is 0 Å². The SMILES string of the molecule is COc1ccccc1-c1nccc(COc2ccc(O[Si](C(C)C)(C(C)C)C(C)C)cc2CC(O)C(=O)O)n1. The van der Waals surface area contributed by atoms with Crippen molar-refractivity contribution in [3.63, 3.8) is 0 Å². The highest BCUT2D eigenvalue weighted by Crippen LogP contribution is 2.43. The first kappa shape index (κ1) is 30.1. The van der Waals surface area contributed by atoms with Crippen molar-refractivity contribution < 1.29 is 28.9 Å². The Kier molecular flexibility index (Phi) is 10.1. The molecule has 0 radical (unpaired) electrons. The lowest BCUT2D eigenvalue weighted by molar-refractivity contribution is -0.146. The molecule has 0 aliphatic carbocycles. The van der Waals surface area contributed by atoms with Crippen LogP contribution < -0.4 is 13.9 Å². The molecule has 8 nitrogen and oxygen atoms in total. The van der Waals surface area contributed by atoms with Gasteiger partial charge in [0.25, 0.3) is 8.32 Å². The topological polar surface area (TPSA) is 111 Å². The Bertz CT molecular complexity index is 1240. The fourth-order valence-electron chi connectivity index (χ4n) is 5.36. The van der Waals surface area contributed by atoms with Gasteiger partial charge in [-0.15, -0.1) is 0 Å². The summed E-state index contributed by atoms with van der Waals surface area (Å²) < 4.78 is 18.3. The number of aromatic nitrogens is 2. The van der Waals surface area contributed by atoms with Crippen molar-refractivity contribution >= 4 is 14.3 Å². The summed E-state index contributed by atoms with van der Waals surface area (Å²) in [5, 5.41) is 19.5. The van der Waals surface area contributed by atoms with E-state index in [0.29, 0.717) is 51.0 Å². The number of carbonyl (C=O) groups is 1. The van der Waals surface area contributed by atoms with Crippen molar-refractivity contribution in [3.05, 3.63) is 66.0 Å². The first-order chi connectivity index (χ1) is 18.5. The molecule has 3 rings (SSSR count). The number of para-hydroxylation sites is 1. The predicted octanol–water partition coefficient (Wildman–Crippen LogP) is 6.27. The van der Waals surface area contributed by atoms with Gasteiger partial charge in [-0.05, 0) is 53.0 Å². The summed E-state index contributed by atoms with van der Waals surface area (Å²) in [5.74, 6) is 1.01. The zero-order valence-corrected chi connectivity index (χ0v) is 24.8. The minimum absolute atomic E-state index is 0.113. The van der Waals surface area contributed by atoms with Gasteiger partial charge < -0.3 is 24.1 Å². The standard InChI is InChI=1S/C30H40N2O6Si/c1-19(2)39(20(3)4,21(5)6)38-24-12-13-27(22(16-24)17-26(33)30(34)35)37-18-23-14-15-31-29(32-23)25-10-8-9-11-28(25)36-7/h8-16,19-21,26,33H,17-18H2,1-7H3,(H,34,35). The van der Waals surface area contributed by atoms with Crippen molar-refractivity contribution in [1.29, 1.82) is 0 Å². The van der Waals surface area contributed by atoms with Crippen molar-refractivity contribution in [2.45, 2.75) is 77.3 Å². The van der Waals surface area contributed by atoms with Crippen LogP contribution in [0.3, 0.4) is 0 Å². The van der Waals surface area contributed by atoms with Gasteiger partial charge in [-0.1, -0.05) is 53.7 Å². The summed E-state index contributed by atoms with van der Waals surface area (Å²) in [7, 11) is -0.635. The molecule has 0 aliphatic rings. The largest absolute Gasteiger partial charge is 0.543 e. The minimum atomic E-state index is -2.23. The average molecular weight is 553 g/mol. The monoisotopic (exact) mass is 552 g/mol. The Balaban J connectivity index is 1.91. The van der Waals surface area contributed by atoms with E-state index in [-0.39, 0.29) is 13.0 Å². The summed E-state index contributed by atoms with van der Waals surface area (Å²) in [6.07, 6.45) is -0.0216. The van der Waals surface area contributed by atoms with Crippen molar-refractivity contribution in [1.82, 2.24) is 9.97 Å². The molecule has 1 unspecified atom stereocenters. The molecule has 2 aromatic carbocycles. The Hall–Kier alpha value is -3.43. The Morgan fingerprint density at radius 2 is 1.62 bits per heavy atom. The Morgan fingerprint density at radius 1 is 0.949 bits per heavy atom. The van der Waals surface area contributed by atoms with E-state index in [1.54, 1.807) is 31.5 Å². The van der Waals surface area contributed by atoms with Crippen LogP contribution in [0.4, 0.5) is 0 Å². The molecule has 0 bridgehead atoms. The van der Waals surface area contributed by atoms with Gasteiger partial charge in [-0.25, -0.2) is 14.8 Å². The molecular weight excluding hydrogens is 512 g/mol. The van der Waals surface area contributed by atoms with Crippen LogP contribution in [0.1, 0.15) is 52.8 Å². The van der Waals surface area contributed by atoms with Crippen LogP contribution in [-0.4, -0.2) is 47.7 Å². The maximum absolute atomic E-state index is 11.5. The van der Waals surface area contributed by atoms with Gasteiger partial charge in [0.15, 0.2) is 11.9 Å². The number of aliphatic carboxylic acids is 1. The van der Waals surface area contributed by atoms with Crippen molar-refractivity contribution in [2.75, 3.05) is 7.11 Å². The molecule has 0 amide bonds. The maximum atomic E-state index is 11.5. The number of hydrogen-bond donors (Lipinski definition) is 2. The third kappa shape index (κ3) is 6.96. The van der Waals surface area contributed by atoms with E-state index in [0.717, 1.165) is 5.56 Å². The van der Waals surface area contributed by atoms with Gasteiger partial charge in [0.1, 0.15) is 23.9 Å². The number of carboxylic acid groups (broad SMARTS) is 1. The van der Waals surface area contributed by atoms with E-state index < -0.39 is 20.4 Å². The first-order valence-electron chi connectivity index (χ1n) is 13.3. The maximum Gasteiger partial charge on any atom is 0.332 e. The highest BCUT2D eigenvalue weighted by molar-refractivity contribution is 6.78. The van der Waals surface area contributed by atoms with Crippen molar-refractivity contribution in [3.8, 4) is 28.6 Å². The smallest absolute Gasteiger partial charge is 0.332 e. The third-order valence-corrected chi connectivity index (χ3v) is 13.2. The minimum Gasteiger partial charge on any atom is -0.543 e. The van der Waals surface area contributed by atoms with E-state index in [4.69, 9.17) is 13.9 Å². The van der Waals surface area contributed by atoms with Gasteiger partial charge in [0, 0.05) is 18.2 Å². The molecule has 3 aromatic rings. The van der Waals surface area contributed by atoms with Crippen LogP contribution >= 0.6 is 0 Å². The van der Waals surface area contributed by atoms with Crippen molar-refractivity contribution in [2.24, 2.45) is 0 Å². The Morgan fingerprint density at radius 3 is 2.23 bits per heavy atom. The summed E-state index contributed by atoms with van der Waals surface area (Å²) in [6, 6.07) is 14.7. The fourth-order valence-corrected chi connectivity index (χ4v) is 10.6. The average Bonchev–Trinajstić information content (AvgIpc) is 2.90. The number of carboxylic acids is 1. The summed E-state index contributed by atoms with van der Waals surface area (Å²) in [4.78, 5) is 20.5. The molecule has 0 saturated carbocycles. The second-order valence-corrected chi connectivity index (χ2v) is 16.0. The molecule has 1 heterocycles. The quantitative estimate of drug-likeness (QED) is 0.239. The first-order valence-corrected chi connectivity index (χ1v) is 15.4. The predicted molar refractivity (Wildman–Crippen MR) is 154 cm³/mol. The van der Waals surface area contributed by atoms with E-state index in [1.165, 1.54) is 0 Å². The molecule has 2 N–H and O–H groups in total. The molecule has 210 valence electrons. The highest BCUT2D eigenvalue weighted by Gasteiger charge is 2.47. The zero-order valence-electron chi connectivity index (χ0n) is 23.8. The zero-order chi connectivity index (χ0) is 28.7. The van der Waals surface area contributed by atoms with E-state index in [2.05, 4.69) is 51.5 Å². The number of nitrogens with zero attached hydrogens (tertiary/aromatic N) is 2. The highest BCUT2D eigenvalue weighted by atomic mass is 28.4. The van der Waals surface area contributed by atoms with Gasteiger partial charge in [0.05, 0.1) is 18.4 Å². The lowest BCUT2D eigenvalue weighted by atomic mass is 10.1. The molecular formula is C30H40N2O6Si. The molecule has 1 aromatic heterocycles. The number of hydrogen-bond acceptors (Lipinski definition) is 7. The lowest BCUT2D eigenvalue weighted by Gasteiger charge is -2.42. The third-order valence-electron chi connectivity index (χ3n) is 7.17. The lowest BCUT2D eigenvalue weighted by Crippen LogP contribution is -2.50. The number of ether oxygens (including phenoxy) is 2. The molecule has 0 aliphatic heterocycles. The van der Waals surface area contributed by atoms with Crippen LogP contribution in [0.5, 0.6) is 17.2 Å². The Labute approximate surface area is 232 Å². The van der Waals surface area contributed by atoms with Gasteiger partial charge >= 0.3 is 5.97 Å². The summed E-state index contributed by atoms with van der Waals surface area (Å²) in [6.45, 7) is 13.4. The molecule has 0 spiro atoms. The normalized spacial score (nSPS) is 12.6. The molecule has 9 heteroatoms. The van der Waals surface area contributed by atoms with Crippen LogP contribution in [0.25, 0.3) is 11.4 Å². The second kappa shape index (κ2) is 13.1. The van der Waals surface area contributed by atoms with E-state index in [1.807, 2.05) is 30.3 Å². The number of methoxy groups -OCH3 is 1. The number of aliphatic hydroxyl groups excluding tert-OH is 1. The molecule has 0 saturated heterocycles. The molecule has 0 fully saturated rings. The van der Waals surface area contributed by atoms with Crippen LogP contribution in [0.2, 0.25) is 16.6 Å².